The Bertz CT molecular complexity index is 312. The van der Waals surface area contributed by atoms with Gasteiger partial charge < -0.3 is 14.8 Å². The molecule has 0 aliphatic carbocycles. The summed E-state index contributed by atoms with van der Waals surface area (Å²) in [5.41, 5.74) is 0. The third-order valence-corrected chi connectivity index (χ3v) is 2.54. The summed E-state index contributed by atoms with van der Waals surface area (Å²) in [7, 11) is 3.75. The maximum absolute atomic E-state index is 10.9. The highest BCUT2D eigenvalue weighted by Gasteiger charge is 2.02. The van der Waals surface area contributed by atoms with Crippen LogP contribution in [0.1, 0.15) is 16.7 Å². The van der Waals surface area contributed by atoms with E-state index in [-0.39, 0.29) is 12.6 Å². The van der Waals surface area contributed by atoms with Gasteiger partial charge in [0.15, 0.2) is 0 Å². The Labute approximate surface area is 107 Å². The molecule has 17 heavy (non-hydrogen) atoms. The van der Waals surface area contributed by atoms with E-state index < -0.39 is 0 Å². The number of carbonyl (C=O) groups is 1. The van der Waals surface area contributed by atoms with Gasteiger partial charge in [0.2, 0.25) is 0 Å². The second-order valence-corrected chi connectivity index (χ2v) is 4.68. The topological polar surface area (TPSA) is 47.6 Å². The number of esters is 1. The van der Waals surface area contributed by atoms with E-state index in [1.165, 1.54) is 4.88 Å². The molecule has 1 N–H and O–H groups in total. The molecule has 0 fully saturated rings. The molecule has 1 aromatic rings. The van der Waals surface area contributed by atoms with Crippen LogP contribution < -0.4 is 5.32 Å². The summed E-state index contributed by atoms with van der Waals surface area (Å²) < 4.78 is 9.91. The first-order valence-corrected chi connectivity index (χ1v) is 6.32. The molecule has 1 aromatic heterocycles. The van der Waals surface area contributed by atoms with Crippen molar-refractivity contribution in [3.05, 3.63) is 21.9 Å². The monoisotopic (exact) mass is 259 g/mol. The van der Waals surface area contributed by atoms with Crippen molar-refractivity contribution in [1.82, 2.24) is 5.32 Å². The standard InChI is InChI=1S/C10H14O3S.C2H7N/c1-3-13-10(11)7-12-6-9-5-4-8(2)14-9;1-3-2/h4-5H,3,6-7H2,1-2H3;3H,1-2H3. The van der Waals surface area contributed by atoms with Crippen LogP contribution >= 0.6 is 11.3 Å². The average Bonchev–Trinajstić information content (AvgIpc) is 2.66. The van der Waals surface area contributed by atoms with Gasteiger partial charge in [0.05, 0.1) is 13.2 Å². The maximum Gasteiger partial charge on any atom is 0.332 e. The Morgan fingerprint density at radius 3 is 2.53 bits per heavy atom. The number of carbonyl (C=O) groups excluding carboxylic acids is 1. The fraction of sp³-hybridized carbons (Fsp3) is 0.583. The molecule has 0 atom stereocenters. The van der Waals surface area contributed by atoms with Crippen LogP contribution in [-0.2, 0) is 20.9 Å². The van der Waals surface area contributed by atoms with Gasteiger partial charge in [-0.3, -0.25) is 0 Å². The summed E-state index contributed by atoms with van der Waals surface area (Å²) in [6.07, 6.45) is 0. The summed E-state index contributed by atoms with van der Waals surface area (Å²) in [5.74, 6) is -0.305. The van der Waals surface area contributed by atoms with E-state index in [2.05, 4.69) is 5.32 Å². The number of thiophene rings is 1. The van der Waals surface area contributed by atoms with Crippen LogP contribution in [0.25, 0.3) is 0 Å². The van der Waals surface area contributed by atoms with Gasteiger partial charge in [0, 0.05) is 9.75 Å². The molecule has 4 nitrogen and oxygen atoms in total. The lowest BCUT2D eigenvalue weighted by Crippen LogP contribution is -2.11. The predicted octanol–water partition coefficient (Wildman–Crippen LogP) is 1.97. The molecule has 0 aromatic carbocycles. The molecule has 0 aliphatic rings. The van der Waals surface area contributed by atoms with E-state index in [4.69, 9.17) is 9.47 Å². The number of hydrogen-bond acceptors (Lipinski definition) is 5. The smallest absolute Gasteiger partial charge is 0.332 e. The van der Waals surface area contributed by atoms with Crippen molar-refractivity contribution in [3.63, 3.8) is 0 Å². The first-order chi connectivity index (χ1) is 8.13. The van der Waals surface area contributed by atoms with E-state index in [1.807, 2.05) is 33.2 Å². The van der Waals surface area contributed by atoms with Crippen LogP contribution in [0.2, 0.25) is 0 Å². The molecule has 1 rings (SSSR count). The molecular weight excluding hydrogens is 238 g/mol. The average molecular weight is 259 g/mol. The summed E-state index contributed by atoms with van der Waals surface area (Å²) in [6.45, 7) is 4.74. The second-order valence-electron chi connectivity index (χ2n) is 3.31. The lowest BCUT2D eigenvalue weighted by atomic mass is 10.4. The maximum atomic E-state index is 10.9. The molecule has 0 aliphatic heterocycles. The molecule has 98 valence electrons. The minimum Gasteiger partial charge on any atom is -0.464 e. The number of hydrogen-bond donors (Lipinski definition) is 1. The van der Waals surface area contributed by atoms with E-state index in [9.17, 15) is 4.79 Å². The van der Waals surface area contributed by atoms with E-state index in [0.717, 1.165) is 4.88 Å². The minimum absolute atomic E-state index is 0.0325. The summed E-state index contributed by atoms with van der Waals surface area (Å²) in [6, 6.07) is 4.04. The number of ether oxygens (including phenoxy) is 2. The van der Waals surface area contributed by atoms with Gasteiger partial charge in [-0.1, -0.05) is 0 Å². The lowest BCUT2D eigenvalue weighted by molar-refractivity contribution is -0.148. The van der Waals surface area contributed by atoms with Crippen molar-refractivity contribution < 1.29 is 14.3 Å². The van der Waals surface area contributed by atoms with Crippen LogP contribution in [0, 0.1) is 6.92 Å². The Morgan fingerprint density at radius 2 is 2.06 bits per heavy atom. The van der Waals surface area contributed by atoms with Gasteiger partial charge in [-0.25, -0.2) is 4.79 Å². The molecular formula is C12H21NO3S. The summed E-state index contributed by atoms with van der Waals surface area (Å²) in [4.78, 5) is 13.3. The fourth-order valence-corrected chi connectivity index (χ4v) is 1.83. The van der Waals surface area contributed by atoms with Crippen LogP contribution in [0.5, 0.6) is 0 Å². The molecule has 5 heteroatoms. The zero-order valence-electron chi connectivity index (χ0n) is 10.9. The molecule has 0 bridgehead atoms. The summed E-state index contributed by atoms with van der Waals surface area (Å²) in [5, 5.41) is 2.75. The van der Waals surface area contributed by atoms with E-state index >= 15 is 0 Å². The van der Waals surface area contributed by atoms with Crippen LogP contribution in [0.3, 0.4) is 0 Å². The highest BCUT2D eigenvalue weighted by molar-refractivity contribution is 7.11. The van der Waals surface area contributed by atoms with Crippen molar-refractivity contribution >= 4 is 17.3 Å². The van der Waals surface area contributed by atoms with Crippen LogP contribution in [0.15, 0.2) is 12.1 Å². The Morgan fingerprint density at radius 1 is 1.41 bits per heavy atom. The third-order valence-electron chi connectivity index (χ3n) is 1.57. The Kier molecular flexibility index (Phi) is 9.71. The van der Waals surface area contributed by atoms with Crippen molar-refractivity contribution in [2.75, 3.05) is 27.3 Å². The second kappa shape index (κ2) is 10.3. The molecule has 1 heterocycles. The third kappa shape index (κ3) is 8.85. The Hall–Kier alpha value is -0.910. The van der Waals surface area contributed by atoms with E-state index in [1.54, 1.807) is 18.3 Å². The van der Waals surface area contributed by atoms with Crippen LogP contribution in [-0.4, -0.2) is 33.3 Å². The summed E-state index contributed by atoms with van der Waals surface area (Å²) >= 11 is 1.68. The highest BCUT2D eigenvalue weighted by atomic mass is 32.1. The molecule has 0 saturated heterocycles. The van der Waals surface area contributed by atoms with Gasteiger partial charge in [-0.2, -0.15) is 0 Å². The van der Waals surface area contributed by atoms with Crippen molar-refractivity contribution in [3.8, 4) is 0 Å². The highest BCUT2D eigenvalue weighted by Crippen LogP contribution is 2.15. The van der Waals surface area contributed by atoms with Gasteiger partial charge >= 0.3 is 5.97 Å². The van der Waals surface area contributed by atoms with Gasteiger partial charge in [-0.15, -0.1) is 11.3 Å². The quantitative estimate of drug-likeness (QED) is 0.821. The van der Waals surface area contributed by atoms with Gasteiger partial charge in [0.25, 0.3) is 0 Å². The first kappa shape index (κ1) is 16.1. The first-order valence-electron chi connectivity index (χ1n) is 5.51. The van der Waals surface area contributed by atoms with Gasteiger partial charge in [-0.05, 0) is 40.1 Å². The number of nitrogens with one attached hydrogen (secondary N) is 1. The Balaban J connectivity index is 0.000000770. The van der Waals surface area contributed by atoms with Crippen LogP contribution in [0.4, 0.5) is 0 Å². The molecule has 0 unspecified atom stereocenters. The zero-order chi connectivity index (χ0) is 13.1. The largest absolute Gasteiger partial charge is 0.464 e. The molecule has 0 saturated carbocycles. The predicted molar refractivity (Wildman–Crippen MR) is 70.3 cm³/mol. The zero-order valence-corrected chi connectivity index (χ0v) is 11.7. The SMILES string of the molecule is CCOC(=O)COCc1ccc(C)s1.CNC. The molecule has 0 amide bonds. The van der Waals surface area contributed by atoms with Gasteiger partial charge in [0.1, 0.15) is 6.61 Å². The lowest BCUT2D eigenvalue weighted by Gasteiger charge is -2.01. The number of rotatable bonds is 5. The normalized spacial score (nSPS) is 9.41. The van der Waals surface area contributed by atoms with Crippen molar-refractivity contribution in [1.29, 1.82) is 0 Å². The van der Waals surface area contributed by atoms with Crippen molar-refractivity contribution in [2.24, 2.45) is 0 Å². The minimum atomic E-state index is -0.305. The van der Waals surface area contributed by atoms with Crippen molar-refractivity contribution in [2.45, 2.75) is 20.5 Å². The fourth-order valence-electron chi connectivity index (χ4n) is 1.00. The van der Waals surface area contributed by atoms with E-state index in [0.29, 0.717) is 13.2 Å². The number of aryl methyl sites for hydroxylation is 1. The molecule has 0 spiro atoms. The molecule has 0 radical (unpaired) electrons.